The molecular formula is C23H46N8O10. The largest absolute Gasteiger partial charge is 0.467 e. The second-order valence-electron chi connectivity index (χ2n) is 8.00. The van der Waals surface area contributed by atoms with Gasteiger partial charge in [-0.15, -0.1) is 0 Å². The highest BCUT2D eigenvalue weighted by atomic mass is 16.6. The van der Waals surface area contributed by atoms with Gasteiger partial charge >= 0.3 is 5.97 Å². The Bertz CT molecular complexity index is 718. The summed E-state index contributed by atoms with van der Waals surface area (Å²) in [5.74, 6) is 8.48. The SMILES string of the molecule is COC(=O)C(CCCCNC(=O)COCCOCCOCCN=NN)NC(=O)COCCOCCOCCN=NN. The van der Waals surface area contributed by atoms with E-state index in [-0.39, 0.29) is 38.9 Å². The molecule has 0 spiro atoms. The number of rotatable bonds is 29. The van der Waals surface area contributed by atoms with Crippen LogP contribution in [0.3, 0.4) is 0 Å². The Labute approximate surface area is 240 Å². The summed E-state index contributed by atoms with van der Waals surface area (Å²) < 4.78 is 36.4. The van der Waals surface area contributed by atoms with Gasteiger partial charge in [-0.05, 0) is 19.3 Å². The highest BCUT2D eigenvalue weighted by Crippen LogP contribution is 2.03. The lowest BCUT2D eigenvalue weighted by atomic mass is 10.1. The average molecular weight is 595 g/mol. The zero-order chi connectivity index (χ0) is 30.2. The van der Waals surface area contributed by atoms with E-state index in [1.807, 2.05) is 0 Å². The summed E-state index contributed by atoms with van der Waals surface area (Å²) in [6, 6.07) is -0.816. The van der Waals surface area contributed by atoms with Crippen molar-refractivity contribution in [1.82, 2.24) is 10.6 Å². The molecule has 0 radical (unpaired) electrons. The van der Waals surface area contributed by atoms with Crippen LogP contribution >= 0.6 is 0 Å². The normalized spacial score (nSPS) is 12.1. The lowest BCUT2D eigenvalue weighted by molar-refractivity contribution is -0.146. The monoisotopic (exact) mass is 594 g/mol. The fourth-order valence-electron chi connectivity index (χ4n) is 2.92. The molecule has 1 unspecified atom stereocenters. The van der Waals surface area contributed by atoms with Crippen molar-refractivity contribution in [2.24, 2.45) is 32.4 Å². The van der Waals surface area contributed by atoms with Gasteiger partial charge in [0.25, 0.3) is 0 Å². The Morgan fingerprint density at radius 2 is 1.12 bits per heavy atom. The topological polar surface area (TPSA) is 241 Å². The number of methoxy groups -OCH3 is 1. The molecule has 6 N–H and O–H groups in total. The van der Waals surface area contributed by atoms with Crippen LogP contribution in [0.1, 0.15) is 19.3 Å². The molecule has 18 heteroatoms. The van der Waals surface area contributed by atoms with Crippen molar-refractivity contribution in [3.63, 3.8) is 0 Å². The molecule has 0 aromatic carbocycles. The highest BCUT2D eigenvalue weighted by molar-refractivity contribution is 5.85. The number of nitrogens with zero attached hydrogens (tertiary/aromatic N) is 4. The van der Waals surface area contributed by atoms with Crippen LogP contribution in [0.15, 0.2) is 20.7 Å². The van der Waals surface area contributed by atoms with Gasteiger partial charge in [0, 0.05) is 6.54 Å². The second kappa shape index (κ2) is 29.9. The number of nitrogens with one attached hydrogen (secondary N) is 2. The van der Waals surface area contributed by atoms with E-state index in [0.29, 0.717) is 85.1 Å². The third-order valence-corrected chi connectivity index (χ3v) is 4.85. The summed E-state index contributed by atoms with van der Waals surface area (Å²) in [5.41, 5.74) is 0. The van der Waals surface area contributed by atoms with Crippen LogP contribution in [0.4, 0.5) is 0 Å². The summed E-state index contributed by atoms with van der Waals surface area (Å²) in [5, 5.41) is 18.7. The number of carbonyl (C=O) groups is 3. The maximum Gasteiger partial charge on any atom is 0.328 e. The first-order valence-electron chi connectivity index (χ1n) is 13.3. The number of hydrogen-bond acceptors (Lipinski definition) is 14. The standard InChI is InChI=1S/C23H46N8O10/c1-35-23(34)20(29-22(33)19-41-17-15-39-13-11-37-9-7-28-31-25)4-2-3-5-26-21(32)18-40-16-14-38-12-10-36-8-6-27-30-24/h20H,2-19H2,1H3,(H2,24,27)(H2,25,28)(H,26,32)(H,29,33). The molecule has 18 nitrogen and oxygen atoms in total. The van der Waals surface area contributed by atoms with Crippen molar-refractivity contribution in [2.75, 3.05) is 106 Å². The van der Waals surface area contributed by atoms with Crippen LogP contribution < -0.4 is 22.3 Å². The van der Waals surface area contributed by atoms with E-state index in [1.54, 1.807) is 0 Å². The number of esters is 1. The molecular weight excluding hydrogens is 548 g/mol. The van der Waals surface area contributed by atoms with E-state index < -0.39 is 17.9 Å². The quantitative estimate of drug-likeness (QED) is 0.0259. The summed E-state index contributed by atoms with van der Waals surface area (Å²) in [4.78, 5) is 36.0. The van der Waals surface area contributed by atoms with Crippen molar-refractivity contribution in [2.45, 2.75) is 25.3 Å². The van der Waals surface area contributed by atoms with E-state index in [1.165, 1.54) is 7.11 Å². The molecule has 0 aliphatic carbocycles. The predicted molar refractivity (Wildman–Crippen MR) is 144 cm³/mol. The molecule has 0 aromatic rings. The Balaban J connectivity index is 3.78. The first-order chi connectivity index (χ1) is 20.0. The van der Waals surface area contributed by atoms with Gasteiger partial charge in [0.2, 0.25) is 11.8 Å². The molecule has 0 saturated carbocycles. The summed E-state index contributed by atoms with van der Waals surface area (Å²) in [6.07, 6.45) is 1.51. The van der Waals surface area contributed by atoms with E-state index in [2.05, 4.69) is 31.3 Å². The lowest BCUT2D eigenvalue weighted by Gasteiger charge is -2.16. The van der Waals surface area contributed by atoms with Gasteiger partial charge in [-0.1, -0.05) is 10.4 Å². The van der Waals surface area contributed by atoms with Crippen LogP contribution in [-0.4, -0.2) is 130 Å². The van der Waals surface area contributed by atoms with Crippen LogP contribution in [-0.2, 0) is 47.5 Å². The number of hydrogen-bond donors (Lipinski definition) is 4. The molecule has 0 aromatic heterocycles. The van der Waals surface area contributed by atoms with E-state index >= 15 is 0 Å². The van der Waals surface area contributed by atoms with E-state index in [9.17, 15) is 14.4 Å². The Hall–Kier alpha value is -3.03. The Morgan fingerprint density at radius 1 is 0.659 bits per heavy atom. The lowest BCUT2D eigenvalue weighted by Crippen LogP contribution is -2.43. The number of ether oxygens (including phenoxy) is 7. The fourth-order valence-corrected chi connectivity index (χ4v) is 2.92. The van der Waals surface area contributed by atoms with Crippen LogP contribution in [0, 0.1) is 0 Å². The number of amides is 2. The summed E-state index contributed by atoms with van der Waals surface area (Å²) in [6.45, 7) is 4.31. The average Bonchev–Trinajstić information content (AvgIpc) is 2.97. The fraction of sp³-hybridized carbons (Fsp3) is 0.870. The van der Waals surface area contributed by atoms with Crippen molar-refractivity contribution in [3.05, 3.63) is 0 Å². The van der Waals surface area contributed by atoms with Gasteiger partial charge in [0.1, 0.15) is 19.3 Å². The number of unbranched alkanes of at least 4 members (excludes halogenated alkanes) is 1. The molecule has 238 valence electrons. The Kier molecular flexibility index (Phi) is 27.7. The van der Waals surface area contributed by atoms with Gasteiger partial charge in [0.05, 0.1) is 86.3 Å². The van der Waals surface area contributed by atoms with Crippen molar-refractivity contribution >= 4 is 17.8 Å². The zero-order valence-corrected chi connectivity index (χ0v) is 23.8. The molecule has 0 bridgehead atoms. The molecule has 0 saturated heterocycles. The number of nitrogens with two attached hydrogens (primary N) is 2. The second-order valence-corrected chi connectivity index (χ2v) is 8.00. The minimum absolute atomic E-state index is 0.0910. The first-order valence-corrected chi connectivity index (χ1v) is 13.3. The molecule has 0 aliphatic rings. The van der Waals surface area contributed by atoms with Gasteiger partial charge in [0.15, 0.2) is 0 Å². The summed E-state index contributed by atoms with van der Waals surface area (Å²) >= 11 is 0. The van der Waals surface area contributed by atoms with Gasteiger partial charge in [-0.2, -0.15) is 10.2 Å². The van der Waals surface area contributed by atoms with Crippen molar-refractivity contribution in [3.8, 4) is 0 Å². The molecule has 2 amide bonds. The molecule has 0 rings (SSSR count). The van der Waals surface area contributed by atoms with Gasteiger partial charge in [-0.3, -0.25) is 9.59 Å². The van der Waals surface area contributed by atoms with E-state index in [4.69, 9.17) is 44.8 Å². The minimum atomic E-state index is -0.816. The number of carbonyl (C=O) groups excluding carboxylic acids is 3. The van der Waals surface area contributed by atoms with Crippen LogP contribution in [0.25, 0.3) is 0 Å². The van der Waals surface area contributed by atoms with Gasteiger partial charge < -0.3 is 55.5 Å². The third kappa shape index (κ3) is 26.9. The molecule has 1 atom stereocenters. The Morgan fingerprint density at radius 3 is 1.61 bits per heavy atom. The van der Waals surface area contributed by atoms with Crippen LogP contribution in [0.2, 0.25) is 0 Å². The predicted octanol–water partition coefficient (Wildman–Crippen LogP) is -1.32. The molecule has 0 fully saturated rings. The van der Waals surface area contributed by atoms with Crippen LogP contribution in [0.5, 0.6) is 0 Å². The zero-order valence-electron chi connectivity index (χ0n) is 23.8. The first kappa shape index (κ1) is 38.0. The highest BCUT2D eigenvalue weighted by Gasteiger charge is 2.21. The smallest absolute Gasteiger partial charge is 0.328 e. The van der Waals surface area contributed by atoms with Crippen molar-refractivity contribution < 1.29 is 47.5 Å². The van der Waals surface area contributed by atoms with Gasteiger partial charge in [-0.25, -0.2) is 4.79 Å². The van der Waals surface area contributed by atoms with E-state index in [0.717, 1.165) is 0 Å². The summed E-state index contributed by atoms with van der Waals surface area (Å²) in [7, 11) is 1.25. The maximum atomic E-state index is 12.1. The molecule has 41 heavy (non-hydrogen) atoms. The maximum absolute atomic E-state index is 12.1. The molecule has 0 heterocycles. The van der Waals surface area contributed by atoms with Crippen molar-refractivity contribution in [1.29, 1.82) is 0 Å². The molecule has 0 aliphatic heterocycles. The third-order valence-electron chi connectivity index (χ3n) is 4.85. The minimum Gasteiger partial charge on any atom is -0.467 e.